The monoisotopic (exact) mass is 289 g/mol. The van der Waals surface area contributed by atoms with Gasteiger partial charge in [-0.1, -0.05) is 29.3 Å². The number of amidine groups is 1. The first kappa shape index (κ1) is 13.4. The SMILES string of the molecule is N#Cc1cccc(N=C(N)c2cc(Cl)cc(Cl)c2)c1. The smallest absolute Gasteiger partial charge is 0.131 e. The van der Waals surface area contributed by atoms with Gasteiger partial charge in [-0.15, -0.1) is 0 Å². The highest BCUT2D eigenvalue weighted by Crippen LogP contribution is 2.20. The maximum absolute atomic E-state index is 8.82. The van der Waals surface area contributed by atoms with Crippen LogP contribution in [-0.2, 0) is 0 Å². The van der Waals surface area contributed by atoms with Crippen LogP contribution in [0, 0.1) is 11.3 Å². The van der Waals surface area contributed by atoms with Gasteiger partial charge in [0.05, 0.1) is 17.3 Å². The lowest BCUT2D eigenvalue weighted by Gasteiger charge is -2.03. The maximum atomic E-state index is 8.82. The zero-order valence-electron chi connectivity index (χ0n) is 9.77. The number of rotatable bonds is 2. The van der Waals surface area contributed by atoms with E-state index >= 15 is 0 Å². The van der Waals surface area contributed by atoms with E-state index in [0.29, 0.717) is 32.7 Å². The van der Waals surface area contributed by atoms with Crippen LogP contribution in [0.4, 0.5) is 5.69 Å². The van der Waals surface area contributed by atoms with E-state index in [0.717, 1.165) is 0 Å². The van der Waals surface area contributed by atoms with E-state index < -0.39 is 0 Å². The Morgan fingerprint density at radius 3 is 2.42 bits per heavy atom. The molecule has 0 amide bonds. The highest BCUT2D eigenvalue weighted by atomic mass is 35.5. The predicted molar refractivity (Wildman–Crippen MR) is 78.0 cm³/mol. The van der Waals surface area contributed by atoms with Gasteiger partial charge in [0, 0.05) is 15.6 Å². The number of aliphatic imine (C=N–C) groups is 1. The molecule has 0 atom stereocenters. The summed E-state index contributed by atoms with van der Waals surface area (Å²) in [4.78, 5) is 4.25. The molecule has 0 aliphatic carbocycles. The van der Waals surface area contributed by atoms with E-state index in [2.05, 4.69) is 4.99 Å². The van der Waals surface area contributed by atoms with Gasteiger partial charge in [0.25, 0.3) is 0 Å². The largest absolute Gasteiger partial charge is 0.383 e. The predicted octanol–water partition coefficient (Wildman–Crippen LogP) is 3.90. The number of hydrogen-bond donors (Lipinski definition) is 1. The summed E-state index contributed by atoms with van der Waals surface area (Å²) < 4.78 is 0. The summed E-state index contributed by atoms with van der Waals surface area (Å²) >= 11 is 11.8. The molecular weight excluding hydrogens is 281 g/mol. The van der Waals surface area contributed by atoms with Crippen LogP contribution in [0.15, 0.2) is 47.5 Å². The Hall–Kier alpha value is -2.02. The van der Waals surface area contributed by atoms with Crippen molar-refractivity contribution in [3.05, 3.63) is 63.6 Å². The van der Waals surface area contributed by atoms with Gasteiger partial charge in [-0.05, 0) is 36.4 Å². The summed E-state index contributed by atoms with van der Waals surface area (Å²) in [6.45, 7) is 0. The van der Waals surface area contributed by atoms with E-state index in [4.69, 9.17) is 34.2 Å². The number of nitrogens with zero attached hydrogens (tertiary/aromatic N) is 2. The Morgan fingerprint density at radius 2 is 1.79 bits per heavy atom. The Balaban J connectivity index is 2.39. The van der Waals surface area contributed by atoms with Crippen molar-refractivity contribution in [2.24, 2.45) is 10.7 Å². The highest BCUT2D eigenvalue weighted by molar-refractivity contribution is 6.35. The van der Waals surface area contributed by atoms with Gasteiger partial charge in [0.15, 0.2) is 0 Å². The Bertz CT molecular complexity index is 667. The van der Waals surface area contributed by atoms with Crippen LogP contribution in [0.5, 0.6) is 0 Å². The van der Waals surface area contributed by atoms with Gasteiger partial charge >= 0.3 is 0 Å². The molecule has 0 heterocycles. The quantitative estimate of drug-likeness (QED) is 0.673. The molecule has 0 radical (unpaired) electrons. The summed E-state index contributed by atoms with van der Waals surface area (Å²) in [6, 6.07) is 13.9. The van der Waals surface area contributed by atoms with Gasteiger partial charge in [-0.2, -0.15) is 5.26 Å². The minimum atomic E-state index is 0.291. The molecule has 0 aliphatic rings. The molecule has 2 aromatic rings. The fourth-order valence-corrected chi connectivity index (χ4v) is 2.08. The molecule has 3 nitrogen and oxygen atoms in total. The second-order valence-electron chi connectivity index (χ2n) is 3.82. The molecule has 0 aromatic heterocycles. The Kier molecular flexibility index (Phi) is 4.06. The molecule has 0 fully saturated rings. The van der Waals surface area contributed by atoms with Gasteiger partial charge in [0.2, 0.25) is 0 Å². The van der Waals surface area contributed by atoms with Crippen LogP contribution in [0.1, 0.15) is 11.1 Å². The molecule has 2 aromatic carbocycles. The second kappa shape index (κ2) is 5.75. The van der Waals surface area contributed by atoms with Gasteiger partial charge in [-0.25, -0.2) is 4.99 Å². The zero-order chi connectivity index (χ0) is 13.8. The van der Waals surface area contributed by atoms with Crippen molar-refractivity contribution in [2.75, 3.05) is 0 Å². The average Bonchev–Trinajstić information content (AvgIpc) is 2.37. The van der Waals surface area contributed by atoms with Crippen molar-refractivity contribution in [1.82, 2.24) is 0 Å². The van der Waals surface area contributed by atoms with E-state index in [-0.39, 0.29) is 0 Å². The first-order valence-corrected chi connectivity index (χ1v) is 6.15. The Labute approximate surface area is 120 Å². The fraction of sp³-hybridized carbons (Fsp3) is 0. The Morgan fingerprint density at radius 1 is 1.11 bits per heavy atom. The first-order valence-electron chi connectivity index (χ1n) is 5.39. The van der Waals surface area contributed by atoms with Gasteiger partial charge in [-0.3, -0.25) is 0 Å². The number of nitrogens with two attached hydrogens (primary N) is 1. The molecule has 0 unspecified atom stereocenters. The van der Waals surface area contributed by atoms with Crippen LogP contribution in [0.2, 0.25) is 10.0 Å². The molecule has 2 N–H and O–H groups in total. The highest BCUT2D eigenvalue weighted by Gasteiger charge is 2.03. The maximum Gasteiger partial charge on any atom is 0.131 e. The van der Waals surface area contributed by atoms with E-state index in [9.17, 15) is 0 Å². The zero-order valence-corrected chi connectivity index (χ0v) is 11.3. The van der Waals surface area contributed by atoms with Crippen molar-refractivity contribution in [3.8, 4) is 6.07 Å². The van der Waals surface area contributed by atoms with E-state index in [1.807, 2.05) is 6.07 Å². The second-order valence-corrected chi connectivity index (χ2v) is 4.69. The molecule has 5 heteroatoms. The molecule has 0 spiro atoms. The van der Waals surface area contributed by atoms with Crippen molar-refractivity contribution in [2.45, 2.75) is 0 Å². The lowest BCUT2D eigenvalue weighted by atomic mass is 10.2. The van der Waals surface area contributed by atoms with Crippen molar-refractivity contribution >= 4 is 34.7 Å². The number of benzene rings is 2. The van der Waals surface area contributed by atoms with Crippen LogP contribution < -0.4 is 5.73 Å². The van der Waals surface area contributed by atoms with Crippen LogP contribution in [0.3, 0.4) is 0 Å². The third kappa shape index (κ3) is 3.47. The molecule has 0 saturated carbocycles. The molecule has 2 rings (SSSR count). The standard InChI is InChI=1S/C14H9Cl2N3/c15-11-5-10(6-12(16)7-11)14(18)19-13-3-1-2-9(4-13)8-17/h1-7H,(H2,18,19). The van der Waals surface area contributed by atoms with Crippen LogP contribution >= 0.6 is 23.2 Å². The molecule has 0 saturated heterocycles. The fourth-order valence-electron chi connectivity index (χ4n) is 1.55. The van der Waals surface area contributed by atoms with Gasteiger partial charge in [0.1, 0.15) is 5.84 Å². The number of halogens is 2. The molecule has 0 bridgehead atoms. The lowest BCUT2D eigenvalue weighted by Crippen LogP contribution is -2.12. The first-order chi connectivity index (χ1) is 9.08. The van der Waals surface area contributed by atoms with E-state index in [1.165, 1.54) is 0 Å². The van der Waals surface area contributed by atoms with Crippen LogP contribution in [-0.4, -0.2) is 5.84 Å². The van der Waals surface area contributed by atoms with Crippen molar-refractivity contribution in [3.63, 3.8) is 0 Å². The van der Waals surface area contributed by atoms with Crippen molar-refractivity contribution < 1.29 is 0 Å². The lowest BCUT2D eigenvalue weighted by molar-refractivity contribution is 1.43. The van der Waals surface area contributed by atoms with Crippen LogP contribution in [0.25, 0.3) is 0 Å². The minimum Gasteiger partial charge on any atom is -0.383 e. The summed E-state index contributed by atoms with van der Waals surface area (Å²) in [7, 11) is 0. The topological polar surface area (TPSA) is 62.2 Å². The normalized spacial score (nSPS) is 11.1. The molecule has 19 heavy (non-hydrogen) atoms. The average molecular weight is 290 g/mol. The molecule has 94 valence electrons. The minimum absolute atomic E-state index is 0.291. The summed E-state index contributed by atoms with van der Waals surface area (Å²) in [6.07, 6.45) is 0. The number of nitriles is 1. The van der Waals surface area contributed by atoms with Gasteiger partial charge < -0.3 is 5.73 Å². The summed E-state index contributed by atoms with van der Waals surface area (Å²) in [5, 5.41) is 9.81. The summed E-state index contributed by atoms with van der Waals surface area (Å²) in [5.41, 5.74) is 7.68. The van der Waals surface area contributed by atoms with E-state index in [1.54, 1.807) is 42.5 Å². The summed E-state index contributed by atoms with van der Waals surface area (Å²) in [5.74, 6) is 0.291. The molecule has 0 aliphatic heterocycles. The third-order valence-electron chi connectivity index (χ3n) is 2.38. The number of hydrogen-bond acceptors (Lipinski definition) is 2. The van der Waals surface area contributed by atoms with Crippen molar-refractivity contribution in [1.29, 1.82) is 5.26 Å². The molecular formula is C14H9Cl2N3. The third-order valence-corrected chi connectivity index (χ3v) is 2.82.